The van der Waals surface area contributed by atoms with Gasteiger partial charge in [-0.3, -0.25) is 9.36 Å². The third-order valence-corrected chi connectivity index (χ3v) is 5.84. The van der Waals surface area contributed by atoms with Crippen molar-refractivity contribution >= 4 is 23.9 Å². The van der Waals surface area contributed by atoms with Gasteiger partial charge in [0.05, 0.1) is 18.2 Å². The Morgan fingerprint density at radius 2 is 1.82 bits per heavy atom. The Balaban J connectivity index is 1.55. The Hall–Kier alpha value is -3.65. The zero-order chi connectivity index (χ0) is 23.3. The van der Waals surface area contributed by atoms with Crippen molar-refractivity contribution in [1.29, 1.82) is 0 Å². The minimum atomic E-state index is -0.249. The van der Waals surface area contributed by atoms with Crippen molar-refractivity contribution in [3.8, 4) is 17.1 Å². The SMILES string of the molecule is CC(C)(C)c1ccc(-c2nnc(SCC(=O)N/N=C/c3ccco3)n2-c2ccccc2)cc1. The van der Waals surface area contributed by atoms with Gasteiger partial charge < -0.3 is 4.42 Å². The van der Waals surface area contributed by atoms with Gasteiger partial charge in [-0.1, -0.05) is 75.0 Å². The predicted molar refractivity (Wildman–Crippen MR) is 131 cm³/mol. The number of hydrazone groups is 1. The molecule has 1 amide bonds. The van der Waals surface area contributed by atoms with Gasteiger partial charge >= 0.3 is 0 Å². The van der Waals surface area contributed by atoms with Crippen LogP contribution in [0.2, 0.25) is 0 Å². The summed E-state index contributed by atoms with van der Waals surface area (Å²) in [6.07, 6.45) is 3.00. The highest BCUT2D eigenvalue weighted by atomic mass is 32.2. The second-order valence-electron chi connectivity index (χ2n) is 8.40. The lowest BCUT2D eigenvalue weighted by Gasteiger charge is -2.19. The van der Waals surface area contributed by atoms with Crippen molar-refractivity contribution in [2.24, 2.45) is 5.10 Å². The molecular formula is C25H25N5O2S. The first kappa shape index (κ1) is 22.5. The molecule has 1 N–H and O–H groups in total. The summed E-state index contributed by atoms with van der Waals surface area (Å²) in [5.41, 5.74) is 5.70. The molecule has 4 aromatic rings. The van der Waals surface area contributed by atoms with Gasteiger partial charge in [0.15, 0.2) is 11.0 Å². The average molecular weight is 460 g/mol. The number of hydrogen-bond acceptors (Lipinski definition) is 6. The molecule has 0 aliphatic rings. The Labute approximate surface area is 196 Å². The number of carbonyl (C=O) groups excluding carboxylic acids is 1. The van der Waals surface area contributed by atoms with Gasteiger partial charge in [0.2, 0.25) is 0 Å². The first-order valence-electron chi connectivity index (χ1n) is 10.5. The van der Waals surface area contributed by atoms with Crippen LogP contribution in [-0.2, 0) is 10.2 Å². The third-order valence-electron chi connectivity index (χ3n) is 4.91. The van der Waals surface area contributed by atoms with E-state index in [2.05, 4.69) is 65.8 Å². The van der Waals surface area contributed by atoms with Crippen molar-refractivity contribution in [1.82, 2.24) is 20.2 Å². The first-order valence-corrected chi connectivity index (χ1v) is 11.5. The Kier molecular flexibility index (Phi) is 6.74. The highest BCUT2D eigenvalue weighted by Gasteiger charge is 2.19. The first-order chi connectivity index (χ1) is 15.9. The van der Waals surface area contributed by atoms with Crippen LogP contribution in [-0.4, -0.2) is 32.6 Å². The molecule has 0 saturated heterocycles. The fourth-order valence-electron chi connectivity index (χ4n) is 3.17. The third kappa shape index (κ3) is 5.59. The molecule has 0 aliphatic heterocycles. The quantitative estimate of drug-likeness (QED) is 0.237. The van der Waals surface area contributed by atoms with Crippen LogP contribution >= 0.6 is 11.8 Å². The van der Waals surface area contributed by atoms with Crippen molar-refractivity contribution in [3.05, 3.63) is 84.3 Å². The lowest BCUT2D eigenvalue weighted by Crippen LogP contribution is -2.19. The molecule has 4 rings (SSSR count). The van der Waals surface area contributed by atoms with Crippen LogP contribution in [0.3, 0.4) is 0 Å². The molecule has 168 valence electrons. The average Bonchev–Trinajstić information content (AvgIpc) is 3.48. The van der Waals surface area contributed by atoms with Crippen LogP contribution in [0.15, 0.2) is 87.7 Å². The number of amides is 1. The molecule has 0 unspecified atom stereocenters. The van der Waals surface area contributed by atoms with Gasteiger partial charge in [-0.25, -0.2) is 5.43 Å². The number of para-hydroxylation sites is 1. The molecule has 0 spiro atoms. The van der Waals surface area contributed by atoms with Gasteiger partial charge in [0, 0.05) is 11.3 Å². The summed E-state index contributed by atoms with van der Waals surface area (Å²) in [5.74, 6) is 1.18. The van der Waals surface area contributed by atoms with Crippen molar-refractivity contribution in [2.45, 2.75) is 31.3 Å². The van der Waals surface area contributed by atoms with Gasteiger partial charge in [-0.05, 0) is 35.2 Å². The van der Waals surface area contributed by atoms with Crippen LogP contribution < -0.4 is 5.43 Å². The summed E-state index contributed by atoms with van der Waals surface area (Å²) >= 11 is 1.30. The van der Waals surface area contributed by atoms with E-state index in [1.165, 1.54) is 23.5 Å². The highest BCUT2D eigenvalue weighted by Crippen LogP contribution is 2.30. The summed E-state index contributed by atoms with van der Waals surface area (Å²) in [5, 5.41) is 13.4. The summed E-state index contributed by atoms with van der Waals surface area (Å²) in [7, 11) is 0. The maximum Gasteiger partial charge on any atom is 0.250 e. The van der Waals surface area contributed by atoms with E-state index in [4.69, 9.17) is 4.42 Å². The standard InChI is InChI=1S/C25H25N5O2S/c1-25(2,3)19-13-11-18(12-14-19)23-28-29-24(30(23)20-8-5-4-6-9-20)33-17-22(31)27-26-16-21-10-7-15-32-21/h4-16H,17H2,1-3H3,(H,27,31)/b26-16+. The molecular weight excluding hydrogens is 434 g/mol. The van der Waals surface area contributed by atoms with E-state index in [9.17, 15) is 4.79 Å². The Morgan fingerprint density at radius 3 is 2.48 bits per heavy atom. The zero-order valence-corrected chi connectivity index (χ0v) is 19.5. The van der Waals surface area contributed by atoms with E-state index < -0.39 is 0 Å². The number of benzene rings is 2. The van der Waals surface area contributed by atoms with E-state index in [0.717, 1.165) is 17.1 Å². The topological polar surface area (TPSA) is 85.3 Å². The second-order valence-corrected chi connectivity index (χ2v) is 9.34. The number of furan rings is 1. The molecule has 0 fully saturated rings. The highest BCUT2D eigenvalue weighted by molar-refractivity contribution is 7.99. The molecule has 7 nitrogen and oxygen atoms in total. The minimum absolute atomic E-state index is 0.0689. The molecule has 0 atom stereocenters. The fraction of sp³-hybridized carbons (Fsp3) is 0.200. The maximum atomic E-state index is 12.3. The number of rotatable bonds is 7. The van der Waals surface area contributed by atoms with Gasteiger partial charge in [-0.15, -0.1) is 10.2 Å². The summed E-state index contributed by atoms with van der Waals surface area (Å²) in [4.78, 5) is 12.3. The maximum absolute atomic E-state index is 12.3. The molecule has 0 bridgehead atoms. The van der Waals surface area contributed by atoms with E-state index in [0.29, 0.717) is 10.9 Å². The summed E-state index contributed by atoms with van der Waals surface area (Å²) in [6, 6.07) is 21.8. The van der Waals surface area contributed by atoms with E-state index in [1.807, 2.05) is 34.9 Å². The molecule has 0 saturated carbocycles. The smallest absolute Gasteiger partial charge is 0.250 e. The van der Waals surface area contributed by atoms with Gasteiger partial charge in [0.25, 0.3) is 5.91 Å². The van der Waals surface area contributed by atoms with Crippen LogP contribution in [0.5, 0.6) is 0 Å². The Morgan fingerprint density at radius 1 is 1.06 bits per heavy atom. The Bertz CT molecular complexity index is 1220. The molecule has 2 heterocycles. The lowest BCUT2D eigenvalue weighted by molar-refractivity contribution is -0.118. The minimum Gasteiger partial charge on any atom is -0.463 e. The van der Waals surface area contributed by atoms with Crippen molar-refractivity contribution in [2.75, 3.05) is 5.75 Å². The summed E-state index contributed by atoms with van der Waals surface area (Å²) in [6.45, 7) is 6.56. The van der Waals surface area contributed by atoms with E-state index in [1.54, 1.807) is 18.4 Å². The largest absolute Gasteiger partial charge is 0.463 e. The van der Waals surface area contributed by atoms with Gasteiger partial charge in [-0.2, -0.15) is 5.10 Å². The number of nitrogens with one attached hydrogen (secondary N) is 1. The molecule has 2 aromatic heterocycles. The van der Waals surface area contributed by atoms with Gasteiger partial charge in [0.1, 0.15) is 5.76 Å². The van der Waals surface area contributed by atoms with Crippen LogP contribution in [0.1, 0.15) is 32.1 Å². The number of carbonyl (C=O) groups is 1. The number of nitrogens with zero attached hydrogens (tertiary/aromatic N) is 4. The fourth-order valence-corrected chi connectivity index (χ4v) is 3.92. The molecule has 33 heavy (non-hydrogen) atoms. The van der Waals surface area contributed by atoms with Crippen LogP contribution in [0, 0.1) is 0 Å². The monoisotopic (exact) mass is 459 g/mol. The van der Waals surface area contributed by atoms with Crippen molar-refractivity contribution < 1.29 is 9.21 Å². The van der Waals surface area contributed by atoms with Crippen LogP contribution in [0.25, 0.3) is 17.1 Å². The summed E-state index contributed by atoms with van der Waals surface area (Å²) < 4.78 is 7.12. The lowest BCUT2D eigenvalue weighted by atomic mass is 9.87. The van der Waals surface area contributed by atoms with E-state index in [-0.39, 0.29) is 17.1 Å². The predicted octanol–water partition coefficient (Wildman–Crippen LogP) is 5.07. The van der Waals surface area contributed by atoms with Crippen molar-refractivity contribution in [3.63, 3.8) is 0 Å². The zero-order valence-electron chi connectivity index (χ0n) is 18.7. The number of aromatic nitrogens is 3. The molecule has 8 heteroatoms. The second kappa shape index (κ2) is 9.87. The molecule has 0 radical (unpaired) electrons. The normalized spacial score (nSPS) is 11.7. The number of hydrogen-bond donors (Lipinski definition) is 1. The van der Waals surface area contributed by atoms with Crippen LogP contribution in [0.4, 0.5) is 0 Å². The number of thioether (sulfide) groups is 1. The molecule has 0 aliphatic carbocycles. The molecule has 2 aromatic carbocycles. The van der Waals surface area contributed by atoms with E-state index >= 15 is 0 Å².